The van der Waals surface area contributed by atoms with Crippen LogP contribution in [0.5, 0.6) is 0 Å². The topological polar surface area (TPSA) is 110 Å². The van der Waals surface area contributed by atoms with Crippen LogP contribution >= 0.6 is 0 Å². The Morgan fingerprint density at radius 3 is 2.73 bits per heavy atom. The maximum absolute atomic E-state index is 12.7. The first-order valence-electron chi connectivity index (χ1n) is 8.03. The van der Waals surface area contributed by atoms with Gasteiger partial charge < -0.3 is 4.57 Å². The summed E-state index contributed by atoms with van der Waals surface area (Å²) < 4.78 is 29.3. The molecule has 9 heteroatoms. The van der Waals surface area contributed by atoms with Gasteiger partial charge in [-0.1, -0.05) is 32.0 Å². The number of nitrogens with zero attached hydrogens (tertiary/aromatic N) is 3. The Morgan fingerprint density at radius 1 is 1.31 bits per heavy atom. The monoisotopic (exact) mass is 373 g/mol. The molecule has 0 atom stereocenters. The Morgan fingerprint density at radius 2 is 2.08 bits per heavy atom. The zero-order valence-corrected chi connectivity index (χ0v) is 15.2. The van der Waals surface area contributed by atoms with Crippen molar-refractivity contribution in [1.82, 2.24) is 24.5 Å². The molecule has 136 valence electrons. The molecule has 0 spiro atoms. The first-order valence-corrected chi connectivity index (χ1v) is 9.51. The van der Waals surface area contributed by atoms with Gasteiger partial charge in [0.25, 0.3) is 15.9 Å². The van der Waals surface area contributed by atoms with Gasteiger partial charge in [0.1, 0.15) is 0 Å². The number of carbonyl (C=O) groups excluding carboxylic acids is 1. The van der Waals surface area contributed by atoms with Crippen LogP contribution in [0, 0.1) is 0 Å². The Kier molecular flexibility index (Phi) is 4.90. The summed E-state index contributed by atoms with van der Waals surface area (Å²) in [5.74, 6) is -0.623. The molecule has 0 saturated carbocycles. The van der Waals surface area contributed by atoms with E-state index in [1.165, 1.54) is 6.07 Å². The van der Waals surface area contributed by atoms with Crippen LogP contribution in [0.25, 0.3) is 0 Å². The second-order valence-corrected chi connectivity index (χ2v) is 7.79. The number of aromatic nitrogens is 4. The number of carbonyl (C=O) groups is 1. The molecule has 0 fully saturated rings. The maximum Gasteiger partial charge on any atom is 0.285 e. The quantitative estimate of drug-likeness (QED) is 0.686. The summed E-state index contributed by atoms with van der Waals surface area (Å²) >= 11 is 0. The van der Waals surface area contributed by atoms with Crippen LogP contribution in [0.1, 0.15) is 41.5 Å². The van der Waals surface area contributed by atoms with E-state index in [0.29, 0.717) is 12.1 Å². The number of sulfonamides is 1. The van der Waals surface area contributed by atoms with Crippen LogP contribution in [0.3, 0.4) is 0 Å². The molecule has 26 heavy (non-hydrogen) atoms. The smallest absolute Gasteiger partial charge is 0.285 e. The molecular weight excluding hydrogens is 354 g/mol. The molecule has 2 heterocycles. The number of benzene rings is 1. The molecule has 2 N–H and O–H groups in total. The highest BCUT2D eigenvalue weighted by Crippen LogP contribution is 2.18. The number of hydrogen-bond acceptors (Lipinski definition) is 5. The third kappa shape index (κ3) is 3.83. The fraction of sp³-hybridized carbons (Fsp3) is 0.235. The standard InChI is InChI=1S/C17H19N5O3S/c1-12(2)14-9-15(20-19-14)17(23)21-26(24,25)16-6-4-3-5-13(16)10-22-8-7-18-11-22/h3-9,11-12H,10H2,1-2H3,(H,19,20)(H,21,23). The molecule has 0 unspecified atom stereocenters. The minimum absolute atomic E-state index is 0.0318. The second-order valence-electron chi connectivity index (χ2n) is 6.14. The molecule has 8 nitrogen and oxygen atoms in total. The SMILES string of the molecule is CC(C)c1cc(C(=O)NS(=O)(=O)c2ccccc2Cn2ccnc2)n[nH]1. The van der Waals surface area contributed by atoms with Crippen molar-refractivity contribution in [3.05, 3.63) is 66.0 Å². The summed E-state index contributed by atoms with van der Waals surface area (Å²) in [7, 11) is -4.04. The summed E-state index contributed by atoms with van der Waals surface area (Å²) in [4.78, 5) is 16.3. The van der Waals surface area contributed by atoms with E-state index in [0.717, 1.165) is 5.69 Å². The lowest BCUT2D eigenvalue weighted by atomic mass is 10.1. The van der Waals surface area contributed by atoms with Gasteiger partial charge in [-0.2, -0.15) is 5.10 Å². The first-order chi connectivity index (χ1) is 12.4. The zero-order chi connectivity index (χ0) is 18.7. The molecule has 3 rings (SSSR count). The number of imidazole rings is 1. The zero-order valence-electron chi connectivity index (χ0n) is 14.4. The third-order valence-electron chi connectivity index (χ3n) is 3.85. The molecule has 1 amide bonds. The van der Waals surface area contributed by atoms with Crippen LogP contribution in [0.15, 0.2) is 53.9 Å². The molecule has 0 aliphatic heterocycles. The second kappa shape index (κ2) is 7.12. The van der Waals surface area contributed by atoms with Crippen LogP contribution in [-0.4, -0.2) is 34.1 Å². The molecule has 0 radical (unpaired) electrons. The van der Waals surface area contributed by atoms with E-state index in [1.54, 1.807) is 47.6 Å². The van der Waals surface area contributed by atoms with Crippen molar-refractivity contribution in [2.75, 3.05) is 0 Å². The van der Waals surface area contributed by atoms with Crippen molar-refractivity contribution >= 4 is 15.9 Å². The average Bonchev–Trinajstić information content (AvgIpc) is 3.26. The predicted octanol–water partition coefficient (Wildman–Crippen LogP) is 1.90. The van der Waals surface area contributed by atoms with E-state index >= 15 is 0 Å². The molecule has 0 aliphatic carbocycles. The summed E-state index contributed by atoms with van der Waals surface area (Å²) in [6, 6.07) is 8.07. The summed E-state index contributed by atoms with van der Waals surface area (Å²) in [6.07, 6.45) is 4.95. The van der Waals surface area contributed by atoms with Crippen molar-refractivity contribution in [2.45, 2.75) is 31.2 Å². The normalized spacial score (nSPS) is 11.7. The minimum atomic E-state index is -4.04. The van der Waals surface area contributed by atoms with Gasteiger partial charge in [-0.15, -0.1) is 0 Å². The highest BCUT2D eigenvalue weighted by atomic mass is 32.2. The molecule has 0 saturated heterocycles. The highest BCUT2D eigenvalue weighted by molar-refractivity contribution is 7.90. The van der Waals surface area contributed by atoms with Crippen molar-refractivity contribution in [3.63, 3.8) is 0 Å². The van der Waals surface area contributed by atoms with E-state index in [4.69, 9.17) is 0 Å². The van der Waals surface area contributed by atoms with Crippen LogP contribution in [-0.2, 0) is 16.6 Å². The third-order valence-corrected chi connectivity index (χ3v) is 5.29. The predicted molar refractivity (Wildman–Crippen MR) is 95.1 cm³/mol. The van der Waals surface area contributed by atoms with E-state index in [-0.39, 0.29) is 16.5 Å². The fourth-order valence-corrected chi connectivity index (χ4v) is 3.65. The van der Waals surface area contributed by atoms with Crippen LogP contribution < -0.4 is 4.72 Å². The first kappa shape index (κ1) is 17.9. The molecule has 2 aromatic heterocycles. The largest absolute Gasteiger partial charge is 0.333 e. The molecule has 1 aromatic carbocycles. The lowest BCUT2D eigenvalue weighted by Gasteiger charge is -2.11. The number of rotatable bonds is 6. The van der Waals surface area contributed by atoms with E-state index in [1.807, 2.05) is 13.8 Å². The summed E-state index contributed by atoms with van der Waals surface area (Å²) in [5.41, 5.74) is 1.34. The lowest BCUT2D eigenvalue weighted by Crippen LogP contribution is -2.31. The van der Waals surface area contributed by atoms with Gasteiger partial charge in [-0.05, 0) is 23.6 Å². The van der Waals surface area contributed by atoms with Gasteiger partial charge in [-0.3, -0.25) is 9.89 Å². The van der Waals surface area contributed by atoms with Gasteiger partial charge in [0.05, 0.1) is 11.2 Å². The van der Waals surface area contributed by atoms with Crippen molar-refractivity contribution in [1.29, 1.82) is 0 Å². The van der Waals surface area contributed by atoms with Crippen molar-refractivity contribution < 1.29 is 13.2 Å². The van der Waals surface area contributed by atoms with Gasteiger partial charge in [-0.25, -0.2) is 18.1 Å². The van der Waals surface area contributed by atoms with Crippen LogP contribution in [0.4, 0.5) is 0 Å². The maximum atomic E-state index is 12.7. The van der Waals surface area contributed by atoms with E-state index < -0.39 is 15.9 Å². The lowest BCUT2D eigenvalue weighted by molar-refractivity contribution is 0.0976. The van der Waals surface area contributed by atoms with Crippen LogP contribution in [0.2, 0.25) is 0 Å². The van der Waals surface area contributed by atoms with E-state index in [2.05, 4.69) is 19.9 Å². The molecule has 0 aliphatic rings. The minimum Gasteiger partial charge on any atom is -0.333 e. The Bertz CT molecular complexity index is 1010. The van der Waals surface area contributed by atoms with Crippen molar-refractivity contribution in [3.8, 4) is 0 Å². The number of hydrogen-bond donors (Lipinski definition) is 2. The number of aromatic amines is 1. The number of H-pyrrole nitrogens is 1. The van der Waals surface area contributed by atoms with Gasteiger partial charge >= 0.3 is 0 Å². The Balaban J connectivity index is 1.85. The Labute approximate surface area is 151 Å². The summed E-state index contributed by atoms with van der Waals surface area (Å²) in [5, 5.41) is 6.62. The summed E-state index contributed by atoms with van der Waals surface area (Å²) in [6.45, 7) is 4.21. The van der Waals surface area contributed by atoms with Gasteiger partial charge in [0, 0.05) is 24.6 Å². The highest BCUT2D eigenvalue weighted by Gasteiger charge is 2.23. The van der Waals surface area contributed by atoms with Crippen molar-refractivity contribution in [2.24, 2.45) is 0 Å². The van der Waals surface area contributed by atoms with E-state index in [9.17, 15) is 13.2 Å². The van der Waals surface area contributed by atoms with Gasteiger partial charge in [0.2, 0.25) is 0 Å². The number of nitrogens with one attached hydrogen (secondary N) is 2. The molecule has 0 bridgehead atoms. The molecular formula is C17H19N5O3S. The average molecular weight is 373 g/mol. The Hall–Kier alpha value is -2.94. The number of amides is 1. The van der Waals surface area contributed by atoms with Gasteiger partial charge in [0.15, 0.2) is 5.69 Å². The fourth-order valence-electron chi connectivity index (χ4n) is 2.45. The molecule has 3 aromatic rings.